The van der Waals surface area contributed by atoms with Gasteiger partial charge in [0, 0.05) is 10.5 Å². The molecule has 0 radical (unpaired) electrons. The predicted molar refractivity (Wildman–Crippen MR) is 92.6 cm³/mol. The van der Waals surface area contributed by atoms with Gasteiger partial charge >= 0.3 is 0 Å². The Bertz CT molecular complexity index is 903. The lowest BCUT2D eigenvalue weighted by Gasteiger charge is -2.07. The molecule has 25 heavy (non-hydrogen) atoms. The quantitative estimate of drug-likeness (QED) is 0.633. The van der Waals surface area contributed by atoms with Gasteiger partial charge in [-0.25, -0.2) is 8.78 Å². The standard InChI is InChI=1S/C15H10BrF2N5OS/c16-9-1-4-11(5-2-9)23-15(20-21-22-23)25-8-14(24)19-13-6-3-10(17)7-12(13)18/h1-7H,8H2,(H,19,24). The number of hydrogen-bond donors (Lipinski definition) is 1. The van der Waals surface area contributed by atoms with Crippen molar-refractivity contribution in [1.29, 1.82) is 0 Å². The first-order valence-electron chi connectivity index (χ1n) is 6.95. The second-order valence-electron chi connectivity index (χ2n) is 4.81. The van der Waals surface area contributed by atoms with Crippen molar-refractivity contribution in [2.75, 3.05) is 11.1 Å². The molecule has 0 atom stereocenters. The molecule has 1 N–H and O–H groups in total. The number of carbonyl (C=O) groups is 1. The summed E-state index contributed by atoms with van der Waals surface area (Å²) in [6.45, 7) is 0. The van der Waals surface area contributed by atoms with Crippen LogP contribution in [0.2, 0.25) is 0 Å². The largest absolute Gasteiger partial charge is 0.323 e. The maximum absolute atomic E-state index is 13.5. The molecular formula is C15H10BrF2N5OS. The van der Waals surface area contributed by atoms with Crippen LogP contribution in [0.15, 0.2) is 52.1 Å². The molecule has 0 spiro atoms. The Morgan fingerprint density at radius 3 is 2.68 bits per heavy atom. The molecule has 1 heterocycles. The number of hydrogen-bond acceptors (Lipinski definition) is 5. The lowest BCUT2D eigenvalue weighted by atomic mass is 10.3. The summed E-state index contributed by atoms with van der Waals surface area (Å²) in [5.41, 5.74) is 0.653. The zero-order valence-electron chi connectivity index (χ0n) is 12.5. The number of tetrazole rings is 1. The highest BCUT2D eigenvalue weighted by atomic mass is 79.9. The van der Waals surface area contributed by atoms with Crippen molar-refractivity contribution < 1.29 is 13.6 Å². The van der Waals surface area contributed by atoms with Crippen LogP contribution in [0, 0.1) is 11.6 Å². The van der Waals surface area contributed by atoms with Gasteiger partial charge in [0.15, 0.2) is 0 Å². The van der Waals surface area contributed by atoms with E-state index in [1.54, 1.807) is 0 Å². The van der Waals surface area contributed by atoms with Crippen LogP contribution in [0.5, 0.6) is 0 Å². The topological polar surface area (TPSA) is 72.7 Å². The average molecular weight is 426 g/mol. The van der Waals surface area contributed by atoms with Crippen molar-refractivity contribution in [3.8, 4) is 5.69 Å². The van der Waals surface area contributed by atoms with E-state index in [0.717, 1.165) is 28.0 Å². The molecule has 128 valence electrons. The summed E-state index contributed by atoms with van der Waals surface area (Å²) < 4.78 is 28.8. The minimum absolute atomic E-state index is 0.0340. The van der Waals surface area contributed by atoms with Gasteiger partial charge in [-0.2, -0.15) is 4.68 Å². The fourth-order valence-electron chi connectivity index (χ4n) is 1.92. The molecule has 0 bridgehead atoms. The Hall–Kier alpha value is -2.33. The molecule has 0 aliphatic carbocycles. The zero-order valence-corrected chi connectivity index (χ0v) is 14.9. The molecule has 0 aliphatic rings. The van der Waals surface area contributed by atoms with E-state index in [9.17, 15) is 13.6 Å². The Balaban J connectivity index is 1.65. The lowest BCUT2D eigenvalue weighted by molar-refractivity contribution is -0.113. The van der Waals surface area contributed by atoms with Gasteiger partial charge in [-0.05, 0) is 46.8 Å². The predicted octanol–water partition coefficient (Wildman–Crippen LogP) is 3.43. The molecule has 0 fully saturated rings. The molecule has 10 heteroatoms. The minimum Gasteiger partial charge on any atom is -0.323 e. The van der Waals surface area contributed by atoms with Crippen molar-refractivity contribution in [2.24, 2.45) is 0 Å². The fourth-order valence-corrected chi connectivity index (χ4v) is 2.88. The smallest absolute Gasteiger partial charge is 0.234 e. The summed E-state index contributed by atoms with van der Waals surface area (Å²) in [5.74, 6) is -2.04. The first-order chi connectivity index (χ1) is 12.0. The van der Waals surface area contributed by atoms with E-state index < -0.39 is 17.5 Å². The van der Waals surface area contributed by atoms with Gasteiger partial charge in [0.1, 0.15) is 11.6 Å². The SMILES string of the molecule is O=C(CSc1nnnn1-c1ccc(Br)cc1)Nc1ccc(F)cc1F. The first-order valence-corrected chi connectivity index (χ1v) is 8.73. The molecular weight excluding hydrogens is 416 g/mol. The van der Waals surface area contributed by atoms with Gasteiger partial charge in [0.25, 0.3) is 0 Å². The third-order valence-corrected chi connectivity index (χ3v) is 4.50. The number of anilines is 1. The molecule has 6 nitrogen and oxygen atoms in total. The maximum Gasteiger partial charge on any atom is 0.234 e. The summed E-state index contributed by atoms with van der Waals surface area (Å²) in [4.78, 5) is 12.0. The van der Waals surface area contributed by atoms with Gasteiger partial charge in [0.05, 0.1) is 17.1 Å². The van der Waals surface area contributed by atoms with Crippen LogP contribution in [0.1, 0.15) is 0 Å². The Labute approximate surface area is 153 Å². The number of nitrogens with one attached hydrogen (secondary N) is 1. The number of aromatic nitrogens is 4. The molecule has 0 saturated heterocycles. The van der Waals surface area contributed by atoms with Crippen LogP contribution in [-0.2, 0) is 4.79 Å². The van der Waals surface area contributed by atoms with Crippen molar-refractivity contribution in [2.45, 2.75) is 5.16 Å². The van der Waals surface area contributed by atoms with E-state index in [0.29, 0.717) is 11.2 Å². The molecule has 1 amide bonds. The highest BCUT2D eigenvalue weighted by molar-refractivity contribution is 9.10. The number of nitrogens with zero attached hydrogens (tertiary/aromatic N) is 4. The number of thioether (sulfide) groups is 1. The van der Waals surface area contributed by atoms with E-state index >= 15 is 0 Å². The van der Waals surface area contributed by atoms with E-state index in [2.05, 4.69) is 36.8 Å². The highest BCUT2D eigenvalue weighted by Gasteiger charge is 2.13. The summed E-state index contributed by atoms with van der Waals surface area (Å²) in [6.07, 6.45) is 0. The van der Waals surface area contributed by atoms with Gasteiger partial charge < -0.3 is 5.32 Å². The lowest BCUT2D eigenvalue weighted by Crippen LogP contribution is -2.15. The zero-order chi connectivity index (χ0) is 17.8. The Morgan fingerprint density at radius 2 is 1.96 bits per heavy atom. The summed E-state index contributed by atoms with van der Waals surface area (Å²) in [7, 11) is 0. The van der Waals surface area contributed by atoms with Gasteiger partial charge in [-0.3, -0.25) is 4.79 Å². The van der Waals surface area contributed by atoms with Crippen molar-refractivity contribution in [3.05, 3.63) is 58.6 Å². The van der Waals surface area contributed by atoms with Crippen LogP contribution in [0.4, 0.5) is 14.5 Å². The van der Waals surface area contributed by atoms with Crippen molar-refractivity contribution in [1.82, 2.24) is 20.2 Å². The number of amides is 1. The van der Waals surface area contributed by atoms with Crippen LogP contribution < -0.4 is 5.32 Å². The van der Waals surface area contributed by atoms with Gasteiger partial charge in [0.2, 0.25) is 11.1 Å². The van der Waals surface area contributed by atoms with Crippen LogP contribution in [-0.4, -0.2) is 31.9 Å². The van der Waals surface area contributed by atoms with Crippen LogP contribution in [0.25, 0.3) is 5.69 Å². The van der Waals surface area contributed by atoms with Crippen molar-refractivity contribution >= 4 is 39.3 Å². The molecule has 1 aromatic heterocycles. The van der Waals surface area contributed by atoms with E-state index in [1.807, 2.05) is 24.3 Å². The highest BCUT2D eigenvalue weighted by Crippen LogP contribution is 2.21. The molecule has 0 aliphatic heterocycles. The Morgan fingerprint density at radius 1 is 1.20 bits per heavy atom. The van der Waals surface area contributed by atoms with Gasteiger partial charge in [-0.15, -0.1) is 5.10 Å². The van der Waals surface area contributed by atoms with E-state index in [1.165, 1.54) is 10.7 Å². The first kappa shape index (κ1) is 17.5. The number of carbonyl (C=O) groups excluding carboxylic acids is 1. The second kappa shape index (κ2) is 7.70. The van der Waals surface area contributed by atoms with Gasteiger partial charge in [-0.1, -0.05) is 27.7 Å². The normalized spacial score (nSPS) is 10.7. The van der Waals surface area contributed by atoms with Crippen LogP contribution >= 0.6 is 27.7 Å². The monoisotopic (exact) mass is 425 g/mol. The number of rotatable bonds is 5. The molecule has 0 saturated carbocycles. The van der Waals surface area contributed by atoms with E-state index in [4.69, 9.17) is 0 Å². The second-order valence-corrected chi connectivity index (χ2v) is 6.67. The third-order valence-electron chi connectivity index (χ3n) is 3.05. The molecule has 2 aromatic carbocycles. The molecule has 0 unspecified atom stereocenters. The summed E-state index contributed by atoms with van der Waals surface area (Å²) in [5, 5.41) is 14.2. The summed E-state index contributed by atoms with van der Waals surface area (Å²) in [6, 6.07) is 10.3. The molecule has 3 rings (SSSR count). The maximum atomic E-state index is 13.5. The number of benzene rings is 2. The number of halogens is 3. The Kier molecular flexibility index (Phi) is 5.39. The fraction of sp³-hybridized carbons (Fsp3) is 0.0667. The van der Waals surface area contributed by atoms with E-state index in [-0.39, 0.29) is 11.4 Å². The van der Waals surface area contributed by atoms with Crippen LogP contribution in [0.3, 0.4) is 0 Å². The van der Waals surface area contributed by atoms with Crippen molar-refractivity contribution in [3.63, 3.8) is 0 Å². The molecule has 3 aromatic rings. The minimum atomic E-state index is -0.835. The average Bonchev–Trinajstić information content (AvgIpc) is 3.05. The summed E-state index contributed by atoms with van der Waals surface area (Å²) >= 11 is 4.44. The third kappa shape index (κ3) is 4.40.